The molecule has 4 nitrogen and oxygen atoms in total. The van der Waals surface area contributed by atoms with E-state index in [0.717, 1.165) is 45.1 Å². The van der Waals surface area contributed by atoms with E-state index in [0.29, 0.717) is 5.91 Å². The summed E-state index contributed by atoms with van der Waals surface area (Å²) in [5.41, 5.74) is 3.06. The maximum Gasteiger partial charge on any atom is 0.225 e. The highest BCUT2D eigenvalue weighted by molar-refractivity contribution is 5.81. The van der Waals surface area contributed by atoms with E-state index in [4.69, 9.17) is 0 Å². The van der Waals surface area contributed by atoms with Crippen molar-refractivity contribution >= 4 is 11.8 Å². The van der Waals surface area contributed by atoms with E-state index >= 15 is 0 Å². The number of hydrogen-bond donors (Lipinski definition) is 0. The van der Waals surface area contributed by atoms with Crippen molar-refractivity contribution in [3.8, 4) is 0 Å². The van der Waals surface area contributed by atoms with Crippen molar-refractivity contribution in [2.75, 3.05) is 20.6 Å². The van der Waals surface area contributed by atoms with Crippen LogP contribution in [0, 0.1) is 17.3 Å². The van der Waals surface area contributed by atoms with Crippen molar-refractivity contribution in [3.05, 3.63) is 35.4 Å². The predicted molar refractivity (Wildman–Crippen MR) is 116 cm³/mol. The summed E-state index contributed by atoms with van der Waals surface area (Å²) in [7, 11) is 3.65. The molecule has 3 aliphatic rings. The summed E-state index contributed by atoms with van der Waals surface area (Å²) in [6.07, 6.45) is 5.36. The van der Waals surface area contributed by atoms with Crippen molar-refractivity contribution in [2.45, 2.75) is 70.8 Å². The topological polar surface area (TPSA) is 40.6 Å². The first-order chi connectivity index (χ1) is 13.7. The van der Waals surface area contributed by atoms with Gasteiger partial charge in [0.2, 0.25) is 11.8 Å². The van der Waals surface area contributed by atoms with Gasteiger partial charge in [0.25, 0.3) is 0 Å². The minimum atomic E-state index is 0.0490. The molecular formula is C25H36N2O2. The molecule has 1 aliphatic heterocycles. The van der Waals surface area contributed by atoms with Crippen LogP contribution in [0.3, 0.4) is 0 Å². The molecule has 0 radical (unpaired) electrons. The minimum Gasteiger partial charge on any atom is -0.349 e. The molecule has 0 N–H and O–H groups in total. The number of hydrogen-bond acceptors (Lipinski definition) is 2. The molecule has 0 aromatic heterocycles. The molecule has 2 bridgehead atoms. The van der Waals surface area contributed by atoms with E-state index in [2.05, 4.69) is 49.9 Å². The third-order valence-electron chi connectivity index (χ3n) is 8.66. The Hall–Kier alpha value is -1.84. The highest BCUT2D eigenvalue weighted by Crippen LogP contribution is 2.56. The van der Waals surface area contributed by atoms with Crippen molar-refractivity contribution in [2.24, 2.45) is 17.3 Å². The van der Waals surface area contributed by atoms with Crippen LogP contribution < -0.4 is 0 Å². The lowest BCUT2D eigenvalue weighted by Gasteiger charge is -2.61. The summed E-state index contributed by atoms with van der Waals surface area (Å²) in [5.74, 6) is 0.727. The average molecular weight is 397 g/mol. The third-order valence-corrected chi connectivity index (χ3v) is 8.66. The number of likely N-dealkylation sites (tertiary alicyclic amines) is 1. The van der Waals surface area contributed by atoms with Crippen LogP contribution in [0.4, 0.5) is 0 Å². The van der Waals surface area contributed by atoms with Crippen LogP contribution in [0.15, 0.2) is 24.3 Å². The molecule has 2 amide bonds. The van der Waals surface area contributed by atoms with E-state index in [1.54, 1.807) is 4.90 Å². The van der Waals surface area contributed by atoms with Gasteiger partial charge in [-0.2, -0.15) is 0 Å². The lowest BCUT2D eigenvalue weighted by atomic mass is 9.51. The molecule has 1 heterocycles. The Morgan fingerprint density at radius 2 is 1.62 bits per heavy atom. The summed E-state index contributed by atoms with van der Waals surface area (Å²) < 4.78 is 0. The third kappa shape index (κ3) is 3.10. The van der Waals surface area contributed by atoms with Crippen LogP contribution in [0.1, 0.15) is 64.0 Å². The summed E-state index contributed by atoms with van der Waals surface area (Å²) in [4.78, 5) is 29.8. The second kappa shape index (κ2) is 7.14. The maximum absolute atomic E-state index is 13.6. The molecule has 2 fully saturated rings. The highest BCUT2D eigenvalue weighted by Gasteiger charge is 2.57. The quantitative estimate of drug-likeness (QED) is 0.757. The Balaban J connectivity index is 1.53. The minimum absolute atomic E-state index is 0.0490. The summed E-state index contributed by atoms with van der Waals surface area (Å²) >= 11 is 0. The summed E-state index contributed by atoms with van der Waals surface area (Å²) in [5, 5.41) is 0. The van der Waals surface area contributed by atoms with E-state index in [-0.39, 0.29) is 34.6 Å². The molecule has 158 valence electrons. The van der Waals surface area contributed by atoms with E-state index in [9.17, 15) is 9.59 Å². The number of piperidine rings is 1. The monoisotopic (exact) mass is 396 g/mol. The van der Waals surface area contributed by atoms with E-state index in [1.807, 2.05) is 14.1 Å². The van der Waals surface area contributed by atoms with Crippen molar-refractivity contribution < 1.29 is 9.59 Å². The lowest BCUT2D eigenvalue weighted by molar-refractivity contribution is -0.150. The van der Waals surface area contributed by atoms with E-state index in [1.165, 1.54) is 11.1 Å². The Labute approximate surface area is 175 Å². The van der Waals surface area contributed by atoms with Gasteiger partial charge in [-0.05, 0) is 55.1 Å². The summed E-state index contributed by atoms with van der Waals surface area (Å²) in [6.45, 7) is 7.98. The molecule has 1 aromatic carbocycles. The molecule has 29 heavy (non-hydrogen) atoms. The van der Waals surface area contributed by atoms with Crippen LogP contribution in [0.5, 0.6) is 0 Å². The number of nitrogens with zero attached hydrogens (tertiary/aromatic N) is 2. The largest absolute Gasteiger partial charge is 0.349 e. The fraction of sp³-hybridized carbons (Fsp3) is 0.680. The molecule has 4 heteroatoms. The second-order valence-corrected chi connectivity index (χ2v) is 10.5. The fourth-order valence-electron chi connectivity index (χ4n) is 6.32. The zero-order valence-corrected chi connectivity index (χ0v) is 18.7. The van der Waals surface area contributed by atoms with Gasteiger partial charge in [0.15, 0.2) is 0 Å². The highest BCUT2D eigenvalue weighted by atomic mass is 16.2. The van der Waals surface area contributed by atoms with Crippen LogP contribution in [-0.4, -0.2) is 48.3 Å². The van der Waals surface area contributed by atoms with Crippen molar-refractivity contribution in [1.29, 1.82) is 0 Å². The fourth-order valence-corrected chi connectivity index (χ4v) is 6.32. The Bertz CT molecular complexity index is 807. The Kier molecular flexibility index (Phi) is 5.03. The average Bonchev–Trinajstić information content (AvgIpc) is 2.70. The molecule has 1 aromatic rings. The van der Waals surface area contributed by atoms with Crippen LogP contribution >= 0.6 is 0 Å². The van der Waals surface area contributed by atoms with Gasteiger partial charge in [0.05, 0.1) is 0 Å². The van der Waals surface area contributed by atoms with Crippen molar-refractivity contribution in [1.82, 2.24) is 9.80 Å². The number of rotatable bonds is 2. The van der Waals surface area contributed by atoms with Gasteiger partial charge in [-0.15, -0.1) is 0 Å². The van der Waals surface area contributed by atoms with E-state index < -0.39 is 0 Å². The summed E-state index contributed by atoms with van der Waals surface area (Å²) in [6, 6.07) is 9.09. The van der Waals surface area contributed by atoms with Gasteiger partial charge >= 0.3 is 0 Å². The SMILES string of the molecule is CN(C)C(=O)C1CCC(C(=O)N2CC[C@@]3(C)c4ccccc4C[C@@H]2C3(C)C)CC1. The van der Waals surface area contributed by atoms with Gasteiger partial charge in [-0.25, -0.2) is 0 Å². The molecule has 1 saturated heterocycles. The van der Waals surface area contributed by atoms with Gasteiger partial charge in [0.1, 0.15) is 0 Å². The zero-order chi connectivity index (χ0) is 21.0. The van der Waals surface area contributed by atoms with Gasteiger partial charge in [-0.1, -0.05) is 45.0 Å². The number of carbonyl (C=O) groups is 2. The van der Waals surface area contributed by atoms with Crippen LogP contribution in [0.2, 0.25) is 0 Å². The Morgan fingerprint density at radius 1 is 1.00 bits per heavy atom. The predicted octanol–water partition coefficient (Wildman–Crippen LogP) is 4.02. The number of amides is 2. The molecular weight excluding hydrogens is 360 g/mol. The van der Waals surface area contributed by atoms with Gasteiger partial charge in [-0.3, -0.25) is 9.59 Å². The van der Waals surface area contributed by atoms with Crippen LogP contribution in [0.25, 0.3) is 0 Å². The maximum atomic E-state index is 13.6. The smallest absolute Gasteiger partial charge is 0.225 e. The first-order valence-electron chi connectivity index (χ1n) is 11.3. The van der Waals surface area contributed by atoms with Gasteiger partial charge < -0.3 is 9.80 Å². The molecule has 1 saturated carbocycles. The number of benzene rings is 1. The number of fused-ring (bicyclic) bond motifs is 4. The molecule has 4 rings (SSSR count). The lowest BCUT2D eigenvalue weighted by Crippen LogP contribution is -2.65. The van der Waals surface area contributed by atoms with Crippen LogP contribution in [-0.2, 0) is 21.4 Å². The normalized spacial score (nSPS) is 33.0. The van der Waals surface area contributed by atoms with Crippen molar-refractivity contribution in [3.63, 3.8) is 0 Å². The number of carbonyl (C=O) groups excluding carboxylic acids is 2. The second-order valence-electron chi connectivity index (χ2n) is 10.5. The Morgan fingerprint density at radius 3 is 2.28 bits per heavy atom. The zero-order valence-electron chi connectivity index (χ0n) is 18.7. The van der Waals surface area contributed by atoms with Gasteiger partial charge in [0, 0.05) is 43.9 Å². The molecule has 0 spiro atoms. The molecule has 2 aliphatic carbocycles. The first-order valence-corrected chi connectivity index (χ1v) is 11.3. The molecule has 0 unspecified atom stereocenters. The molecule has 2 atom stereocenters. The standard InChI is InChI=1S/C25H36N2O2/c1-24(2)21-16-19-8-6-7-9-20(19)25(24,3)14-15-27(21)23(29)18-12-10-17(11-13-18)22(28)26(4)5/h6-9,17-18,21H,10-16H2,1-5H3/t17?,18?,21-,25+/m1/s1. The first kappa shape index (κ1) is 20.4.